The van der Waals surface area contributed by atoms with Crippen LogP contribution < -0.4 is 19.5 Å². The van der Waals surface area contributed by atoms with Gasteiger partial charge in [-0.05, 0) is 0 Å². The molecule has 0 aliphatic rings. The molecule has 0 unspecified atom stereocenters. The van der Waals surface area contributed by atoms with Crippen LogP contribution >= 0.6 is 0 Å². The maximum Gasteiger partial charge on any atom is 0.241 e. The minimum absolute atomic E-state index is 0.0197. The summed E-state index contributed by atoms with van der Waals surface area (Å²) >= 11 is 0. The van der Waals surface area contributed by atoms with Gasteiger partial charge in [0.05, 0.1) is 27.9 Å². The van der Waals surface area contributed by atoms with Crippen LogP contribution in [0.4, 0.5) is 5.69 Å². The first-order valence-corrected chi connectivity index (χ1v) is 5.77. The monoisotopic (exact) mass is 268 g/mol. The molecule has 106 valence electrons. The fraction of sp³-hybridized carbons (Fsp3) is 0.462. The normalized spacial score (nSPS) is 9.74. The average molecular weight is 268 g/mol. The lowest BCUT2D eigenvalue weighted by molar-refractivity contribution is -0.126. The van der Waals surface area contributed by atoms with Gasteiger partial charge in [-0.25, -0.2) is 0 Å². The molecule has 0 spiro atoms. The van der Waals surface area contributed by atoms with E-state index in [1.165, 1.54) is 4.90 Å². The number of ether oxygens (including phenoxy) is 3. The zero-order chi connectivity index (χ0) is 14.4. The number of methoxy groups -OCH3 is 3. The topological polar surface area (TPSA) is 60.0 Å². The molecule has 19 heavy (non-hydrogen) atoms. The second-order valence-corrected chi connectivity index (χ2v) is 4.06. The van der Waals surface area contributed by atoms with Crippen molar-refractivity contribution in [2.45, 2.75) is 0 Å². The van der Waals surface area contributed by atoms with Crippen LogP contribution in [0.3, 0.4) is 0 Å². The van der Waals surface area contributed by atoms with Gasteiger partial charge in [0.15, 0.2) is 11.5 Å². The molecule has 1 aromatic rings. The van der Waals surface area contributed by atoms with E-state index in [9.17, 15) is 4.79 Å². The molecule has 6 nitrogen and oxygen atoms in total. The predicted molar refractivity (Wildman–Crippen MR) is 73.3 cm³/mol. The highest BCUT2D eigenvalue weighted by Crippen LogP contribution is 2.39. The standard InChI is InChI=1S/C13H20N2O4/c1-15(2)12(16)8-14-9-6-10(17-3)13(19-5)11(7-9)18-4/h6-7,14H,8H2,1-5H3. The summed E-state index contributed by atoms with van der Waals surface area (Å²) in [6, 6.07) is 3.51. The second kappa shape index (κ2) is 6.72. The summed E-state index contributed by atoms with van der Waals surface area (Å²) in [6.45, 7) is 0.200. The van der Waals surface area contributed by atoms with Gasteiger partial charge in [0, 0.05) is 31.9 Å². The summed E-state index contributed by atoms with van der Waals surface area (Å²) in [6.07, 6.45) is 0. The lowest BCUT2D eigenvalue weighted by atomic mass is 10.2. The van der Waals surface area contributed by atoms with Crippen molar-refractivity contribution in [1.82, 2.24) is 4.90 Å². The van der Waals surface area contributed by atoms with Crippen molar-refractivity contribution in [3.05, 3.63) is 12.1 Å². The van der Waals surface area contributed by atoms with E-state index in [0.29, 0.717) is 17.2 Å². The molecule has 0 bridgehead atoms. The Hall–Kier alpha value is -2.11. The zero-order valence-electron chi connectivity index (χ0n) is 11.9. The Labute approximate surface area is 113 Å². The highest BCUT2D eigenvalue weighted by molar-refractivity contribution is 5.80. The van der Waals surface area contributed by atoms with Gasteiger partial charge in [-0.3, -0.25) is 4.79 Å². The third kappa shape index (κ3) is 3.67. The van der Waals surface area contributed by atoms with Crippen molar-refractivity contribution < 1.29 is 19.0 Å². The van der Waals surface area contributed by atoms with Gasteiger partial charge in [0.1, 0.15) is 0 Å². The molecule has 0 heterocycles. The number of rotatable bonds is 6. The van der Waals surface area contributed by atoms with E-state index in [0.717, 1.165) is 5.69 Å². The largest absolute Gasteiger partial charge is 0.493 e. The van der Waals surface area contributed by atoms with Crippen LogP contribution in [0.5, 0.6) is 17.2 Å². The van der Waals surface area contributed by atoms with Gasteiger partial charge in [-0.15, -0.1) is 0 Å². The highest BCUT2D eigenvalue weighted by Gasteiger charge is 2.13. The van der Waals surface area contributed by atoms with E-state index in [4.69, 9.17) is 14.2 Å². The van der Waals surface area contributed by atoms with E-state index in [1.54, 1.807) is 47.6 Å². The predicted octanol–water partition coefficient (Wildman–Crippen LogP) is 1.21. The molecule has 0 aromatic heterocycles. The number of hydrogen-bond donors (Lipinski definition) is 1. The van der Waals surface area contributed by atoms with Gasteiger partial charge in [-0.2, -0.15) is 0 Å². The van der Waals surface area contributed by atoms with Crippen LogP contribution in [0, 0.1) is 0 Å². The molecule has 0 aliphatic heterocycles. The number of likely N-dealkylation sites (N-methyl/N-ethyl adjacent to an activating group) is 1. The molecule has 1 N–H and O–H groups in total. The van der Waals surface area contributed by atoms with Crippen LogP contribution in [0.1, 0.15) is 0 Å². The highest BCUT2D eigenvalue weighted by atomic mass is 16.5. The Bertz CT molecular complexity index is 421. The molecule has 1 rings (SSSR count). The van der Waals surface area contributed by atoms with Crippen molar-refractivity contribution in [3.8, 4) is 17.2 Å². The Morgan fingerprint density at radius 3 is 2.00 bits per heavy atom. The number of carbonyl (C=O) groups is 1. The third-order valence-electron chi connectivity index (χ3n) is 2.61. The molecule has 0 radical (unpaired) electrons. The zero-order valence-corrected chi connectivity index (χ0v) is 11.9. The lowest BCUT2D eigenvalue weighted by Crippen LogP contribution is -2.28. The van der Waals surface area contributed by atoms with Crippen molar-refractivity contribution in [1.29, 1.82) is 0 Å². The fourth-order valence-corrected chi connectivity index (χ4v) is 1.52. The third-order valence-corrected chi connectivity index (χ3v) is 2.61. The number of hydrogen-bond acceptors (Lipinski definition) is 5. The first-order chi connectivity index (χ1) is 9.03. The Balaban J connectivity index is 2.93. The molecule has 0 aliphatic carbocycles. The number of amides is 1. The molecule has 0 saturated heterocycles. The Morgan fingerprint density at radius 2 is 1.63 bits per heavy atom. The van der Waals surface area contributed by atoms with Crippen molar-refractivity contribution in [2.75, 3.05) is 47.3 Å². The summed E-state index contributed by atoms with van der Waals surface area (Å²) in [4.78, 5) is 13.0. The molecular formula is C13H20N2O4. The molecule has 1 aromatic carbocycles. The molecule has 0 fully saturated rings. The van der Waals surface area contributed by atoms with E-state index in [1.807, 2.05) is 0 Å². The second-order valence-electron chi connectivity index (χ2n) is 4.06. The summed E-state index contributed by atoms with van der Waals surface area (Å²) in [7, 11) is 8.06. The summed E-state index contributed by atoms with van der Waals surface area (Å²) in [5.74, 6) is 1.59. The summed E-state index contributed by atoms with van der Waals surface area (Å²) in [5, 5.41) is 3.02. The van der Waals surface area contributed by atoms with Gasteiger partial charge in [0.25, 0.3) is 0 Å². The number of carbonyl (C=O) groups excluding carboxylic acids is 1. The van der Waals surface area contributed by atoms with Crippen LogP contribution in [-0.2, 0) is 4.79 Å². The van der Waals surface area contributed by atoms with E-state index >= 15 is 0 Å². The fourth-order valence-electron chi connectivity index (χ4n) is 1.52. The molecule has 0 saturated carbocycles. The molecular weight excluding hydrogens is 248 g/mol. The quantitative estimate of drug-likeness (QED) is 0.840. The van der Waals surface area contributed by atoms with Gasteiger partial charge < -0.3 is 24.4 Å². The van der Waals surface area contributed by atoms with Gasteiger partial charge in [-0.1, -0.05) is 0 Å². The van der Waals surface area contributed by atoms with Crippen molar-refractivity contribution in [3.63, 3.8) is 0 Å². The minimum atomic E-state index is -0.0197. The van der Waals surface area contributed by atoms with E-state index < -0.39 is 0 Å². The minimum Gasteiger partial charge on any atom is -0.493 e. The van der Waals surface area contributed by atoms with E-state index in [2.05, 4.69) is 5.32 Å². The first kappa shape index (κ1) is 14.9. The Kier molecular flexibility index (Phi) is 5.29. The molecule has 0 atom stereocenters. The van der Waals surface area contributed by atoms with Crippen LogP contribution in [0.15, 0.2) is 12.1 Å². The first-order valence-electron chi connectivity index (χ1n) is 5.77. The van der Waals surface area contributed by atoms with Gasteiger partial charge in [0.2, 0.25) is 11.7 Å². The van der Waals surface area contributed by atoms with Crippen LogP contribution in [0.2, 0.25) is 0 Å². The van der Waals surface area contributed by atoms with Crippen molar-refractivity contribution in [2.24, 2.45) is 0 Å². The molecule has 6 heteroatoms. The number of anilines is 1. The average Bonchev–Trinajstić information content (AvgIpc) is 2.42. The number of nitrogens with one attached hydrogen (secondary N) is 1. The van der Waals surface area contributed by atoms with Crippen LogP contribution in [0.25, 0.3) is 0 Å². The lowest BCUT2D eigenvalue weighted by Gasteiger charge is -2.16. The Morgan fingerprint density at radius 1 is 1.11 bits per heavy atom. The smallest absolute Gasteiger partial charge is 0.241 e. The van der Waals surface area contributed by atoms with Gasteiger partial charge >= 0.3 is 0 Å². The van der Waals surface area contributed by atoms with Crippen molar-refractivity contribution >= 4 is 11.6 Å². The SMILES string of the molecule is COc1cc(NCC(=O)N(C)C)cc(OC)c1OC. The number of benzene rings is 1. The maximum atomic E-state index is 11.5. The molecule has 1 amide bonds. The maximum absolute atomic E-state index is 11.5. The summed E-state index contributed by atoms with van der Waals surface area (Å²) in [5.41, 5.74) is 0.727. The van der Waals surface area contributed by atoms with E-state index in [-0.39, 0.29) is 12.5 Å². The van der Waals surface area contributed by atoms with Crippen LogP contribution in [-0.4, -0.2) is 52.8 Å². The summed E-state index contributed by atoms with van der Waals surface area (Å²) < 4.78 is 15.7. The number of nitrogens with zero attached hydrogens (tertiary/aromatic N) is 1.